The van der Waals surface area contributed by atoms with Gasteiger partial charge < -0.3 is 0 Å². The Morgan fingerprint density at radius 3 is 2.85 bits per heavy atom. The quantitative estimate of drug-likeness (QED) is 0.414. The molecule has 3 N–H and O–H groups in total. The summed E-state index contributed by atoms with van der Waals surface area (Å²) in [6.45, 7) is 3.46. The number of aromatic nitrogens is 2. The fourth-order valence-corrected chi connectivity index (χ4v) is 1.04. The van der Waals surface area contributed by atoms with Crippen molar-refractivity contribution < 1.29 is 4.79 Å². The molecule has 1 atom stereocenters. The van der Waals surface area contributed by atoms with Gasteiger partial charge in [0.15, 0.2) is 0 Å². The van der Waals surface area contributed by atoms with Crippen molar-refractivity contribution in [3.8, 4) is 0 Å². The number of aryl methyl sites for hydroxylation is 1. The van der Waals surface area contributed by atoms with E-state index in [0.717, 1.165) is 0 Å². The maximum absolute atomic E-state index is 11.1. The van der Waals surface area contributed by atoms with Crippen LogP contribution in [0.25, 0.3) is 0 Å². The summed E-state index contributed by atoms with van der Waals surface area (Å²) < 4.78 is 1.47. The van der Waals surface area contributed by atoms with Crippen molar-refractivity contribution in [2.75, 3.05) is 0 Å². The Hall–Kier alpha value is -1.07. The van der Waals surface area contributed by atoms with Gasteiger partial charge in [-0.3, -0.25) is 14.9 Å². The summed E-state index contributed by atoms with van der Waals surface area (Å²) in [5, 5.41) is 4.59. The van der Waals surface area contributed by atoms with Gasteiger partial charge in [-0.25, -0.2) is 5.84 Å². The summed E-state index contributed by atoms with van der Waals surface area (Å²) in [5.41, 5.74) is 2.74. The first-order valence-corrected chi connectivity index (χ1v) is 4.15. The summed E-state index contributed by atoms with van der Waals surface area (Å²) in [7, 11) is 0. The minimum atomic E-state index is -0.448. The fourth-order valence-electron chi connectivity index (χ4n) is 0.899. The molecule has 1 rings (SSSR count). The zero-order valence-electron chi connectivity index (χ0n) is 7.41. The number of rotatable bonds is 2. The molecule has 0 aromatic carbocycles. The van der Waals surface area contributed by atoms with E-state index in [1.54, 1.807) is 20.0 Å². The van der Waals surface area contributed by atoms with Crippen LogP contribution in [0, 0.1) is 6.92 Å². The number of halogens is 1. The molecule has 0 aliphatic carbocycles. The van der Waals surface area contributed by atoms with E-state index >= 15 is 0 Å². The van der Waals surface area contributed by atoms with E-state index in [9.17, 15) is 4.79 Å². The Bertz CT molecular complexity index is 303. The first-order chi connectivity index (χ1) is 6.06. The average Bonchev–Trinajstić information content (AvgIpc) is 2.44. The molecule has 1 unspecified atom stereocenters. The highest BCUT2D eigenvalue weighted by Crippen LogP contribution is 2.15. The largest absolute Gasteiger partial charge is 0.292 e. The predicted molar refractivity (Wildman–Crippen MR) is 49.0 cm³/mol. The van der Waals surface area contributed by atoms with Gasteiger partial charge in [0.1, 0.15) is 6.04 Å². The Morgan fingerprint density at radius 2 is 2.46 bits per heavy atom. The summed E-state index contributed by atoms with van der Waals surface area (Å²) in [6, 6.07) is -0.448. The third kappa shape index (κ3) is 1.99. The number of carbonyl (C=O) groups excluding carboxylic acids is 1. The van der Waals surface area contributed by atoms with Crippen molar-refractivity contribution in [3.05, 3.63) is 16.9 Å². The van der Waals surface area contributed by atoms with Crippen LogP contribution in [0.2, 0.25) is 5.02 Å². The predicted octanol–water partition coefficient (Wildman–Crippen LogP) is 0.396. The van der Waals surface area contributed by atoms with Gasteiger partial charge in [0.2, 0.25) is 0 Å². The van der Waals surface area contributed by atoms with Gasteiger partial charge >= 0.3 is 0 Å². The molecule has 0 aliphatic rings. The molecule has 0 saturated heterocycles. The van der Waals surface area contributed by atoms with Crippen molar-refractivity contribution in [2.45, 2.75) is 19.9 Å². The van der Waals surface area contributed by atoms with Crippen LogP contribution in [0.5, 0.6) is 0 Å². The van der Waals surface area contributed by atoms with Gasteiger partial charge in [-0.2, -0.15) is 5.10 Å². The van der Waals surface area contributed by atoms with Crippen LogP contribution in [-0.4, -0.2) is 15.7 Å². The minimum Gasteiger partial charge on any atom is -0.292 e. The maximum atomic E-state index is 11.1. The Balaban J connectivity index is 2.89. The highest BCUT2D eigenvalue weighted by molar-refractivity contribution is 6.31. The monoisotopic (exact) mass is 202 g/mol. The van der Waals surface area contributed by atoms with Crippen molar-refractivity contribution >= 4 is 17.5 Å². The summed E-state index contributed by atoms with van der Waals surface area (Å²) >= 11 is 5.78. The number of nitrogens with one attached hydrogen (secondary N) is 1. The molecule has 1 aromatic rings. The molecular weight excluding hydrogens is 192 g/mol. The molecule has 0 aliphatic heterocycles. The second kappa shape index (κ2) is 3.76. The fraction of sp³-hybridized carbons (Fsp3) is 0.429. The smallest absolute Gasteiger partial charge is 0.258 e. The first-order valence-electron chi connectivity index (χ1n) is 3.78. The van der Waals surface area contributed by atoms with Crippen LogP contribution < -0.4 is 11.3 Å². The molecule has 13 heavy (non-hydrogen) atoms. The topological polar surface area (TPSA) is 72.9 Å². The summed E-state index contributed by atoms with van der Waals surface area (Å²) in [6.07, 6.45) is 1.59. The van der Waals surface area contributed by atoms with Gasteiger partial charge in [0.05, 0.1) is 10.7 Å². The number of nitrogens with zero attached hydrogens (tertiary/aromatic N) is 2. The summed E-state index contributed by atoms with van der Waals surface area (Å²) in [5.74, 6) is 4.68. The molecule has 0 saturated carbocycles. The van der Waals surface area contributed by atoms with Crippen LogP contribution in [0.3, 0.4) is 0 Å². The average molecular weight is 203 g/mol. The number of hydrazine groups is 1. The van der Waals surface area contributed by atoms with Crippen LogP contribution in [0.15, 0.2) is 6.20 Å². The molecule has 1 heterocycles. The lowest BCUT2D eigenvalue weighted by Gasteiger charge is -2.09. The number of amides is 1. The second-order valence-corrected chi connectivity index (χ2v) is 3.13. The zero-order chi connectivity index (χ0) is 10.0. The number of carbonyl (C=O) groups is 1. The maximum Gasteiger partial charge on any atom is 0.258 e. The Kier molecular flexibility index (Phi) is 2.90. The molecule has 1 amide bonds. The molecular formula is C7H11ClN4O. The van der Waals surface area contributed by atoms with Crippen molar-refractivity contribution in [3.63, 3.8) is 0 Å². The van der Waals surface area contributed by atoms with Crippen LogP contribution >= 0.6 is 11.6 Å². The molecule has 72 valence electrons. The normalized spacial score (nSPS) is 12.6. The van der Waals surface area contributed by atoms with E-state index in [0.29, 0.717) is 10.7 Å². The second-order valence-electron chi connectivity index (χ2n) is 2.73. The lowest BCUT2D eigenvalue weighted by atomic mass is 10.3. The van der Waals surface area contributed by atoms with Gasteiger partial charge in [-0.1, -0.05) is 11.6 Å². The van der Waals surface area contributed by atoms with E-state index in [1.165, 1.54) is 4.68 Å². The molecule has 0 spiro atoms. The van der Waals surface area contributed by atoms with Crippen LogP contribution in [-0.2, 0) is 4.79 Å². The zero-order valence-corrected chi connectivity index (χ0v) is 8.17. The third-order valence-electron chi connectivity index (χ3n) is 1.78. The lowest BCUT2D eigenvalue weighted by molar-refractivity contribution is -0.124. The molecule has 6 heteroatoms. The van der Waals surface area contributed by atoms with E-state index < -0.39 is 6.04 Å². The molecule has 1 aromatic heterocycles. The van der Waals surface area contributed by atoms with Gasteiger partial charge in [0, 0.05) is 6.20 Å². The van der Waals surface area contributed by atoms with E-state index in [4.69, 9.17) is 17.4 Å². The standard InChI is InChI=1S/C7H11ClN4O/c1-4-6(8)3-12(11-4)5(2)7(13)10-9/h3,5H,9H2,1-2H3,(H,10,13). The number of hydrogen-bond donors (Lipinski definition) is 2. The molecule has 0 bridgehead atoms. The van der Waals surface area contributed by atoms with Gasteiger partial charge in [-0.15, -0.1) is 0 Å². The first kappa shape index (κ1) is 10.0. The summed E-state index contributed by atoms with van der Waals surface area (Å²) in [4.78, 5) is 11.1. The minimum absolute atomic E-state index is 0.306. The van der Waals surface area contributed by atoms with Gasteiger partial charge in [0.25, 0.3) is 5.91 Å². The molecule has 0 fully saturated rings. The number of nitrogens with two attached hydrogens (primary N) is 1. The molecule has 5 nitrogen and oxygen atoms in total. The van der Waals surface area contributed by atoms with E-state index in [-0.39, 0.29) is 5.91 Å². The third-order valence-corrected chi connectivity index (χ3v) is 2.15. The van der Waals surface area contributed by atoms with E-state index in [1.807, 2.05) is 5.43 Å². The number of hydrogen-bond acceptors (Lipinski definition) is 3. The molecule has 0 radical (unpaired) electrons. The SMILES string of the molecule is Cc1nn(C(C)C(=O)NN)cc1Cl. The van der Waals surface area contributed by atoms with Crippen LogP contribution in [0.1, 0.15) is 18.7 Å². The van der Waals surface area contributed by atoms with E-state index in [2.05, 4.69) is 5.10 Å². The van der Waals surface area contributed by atoms with Crippen LogP contribution in [0.4, 0.5) is 0 Å². The van der Waals surface area contributed by atoms with Crippen molar-refractivity contribution in [1.82, 2.24) is 15.2 Å². The highest BCUT2D eigenvalue weighted by Gasteiger charge is 2.15. The van der Waals surface area contributed by atoms with Crippen molar-refractivity contribution in [1.29, 1.82) is 0 Å². The van der Waals surface area contributed by atoms with Crippen molar-refractivity contribution in [2.24, 2.45) is 5.84 Å². The lowest BCUT2D eigenvalue weighted by Crippen LogP contribution is -2.36. The Labute approximate surface area is 80.8 Å². The van der Waals surface area contributed by atoms with Gasteiger partial charge in [-0.05, 0) is 13.8 Å². The highest BCUT2D eigenvalue weighted by atomic mass is 35.5. The Morgan fingerprint density at radius 1 is 1.85 bits per heavy atom.